The minimum Gasteiger partial charge on any atom is -0.377 e. The first kappa shape index (κ1) is 14.8. The van der Waals surface area contributed by atoms with Gasteiger partial charge in [-0.25, -0.2) is 0 Å². The van der Waals surface area contributed by atoms with Crippen LogP contribution in [0, 0.1) is 0 Å². The van der Waals surface area contributed by atoms with Gasteiger partial charge in [-0.15, -0.1) is 11.3 Å². The molecule has 2 heterocycles. The lowest BCUT2D eigenvalue weighted by atomic mass is 10.2. The molecule has 0 saturated heterocycles. The van der Waals surface area contributed by atoms with E-state index in [4.69, 9.17) is 34.8 Å². The van der Waals surface area contributed by atoms with Crippen molar-refractivity contribution in [2.45, 2.75) is 6.54 Å². The van der Waals surface area contributed by atoms with Crippen LogP contribution in [0.5, 0.6) is 0 Å². The Bertz CT molecular complexity index is 749. The largest absolute Gasteiger partial charge is 0.377 e. The van der Waals surface area contributed by atoms with E-state index in [2.05, 4.69) is 30.0 Å². The third-order valence-electron chi connectivity index (χ3n) is 2.58. The van der Waals surface area contributed by atoms with Gasteiger partial charge in [-0.2, -0.15) is 8.73 Å². The normalized spacial score (nSPS) is 12.4. The van der Waals surface area contributed by atoms with Gasteiger partial charge in [0.05, 0.1) is 27.1 Å². The maximum Gasteiger partial charge on any atom is 0.130 e. The summed E-state index contributed by atoms with van der Waals surface area (Å²) < 4.78 is 10.0. The van der Waals surface area contributed by atoms with Crippen molar-refractivity contribution in [1.29, 1.82) is 0 Å². The molecule has 0 aliphatic carbocycles. The van der Waals surface area contributed by atoms with Gasteiger partial charge in [-0.1, -0.05) is 34.8 Å². The van der Waals surface area contributed by atoms with E-state index < -0.39 is 0 Å². The summed E-state index contributed by atoms with van der Waals surface area (Å²) in [7, 11) is 0. The maximum atomic E-state index is 6.23. The van der Waals surface area contributed by atoms with Gasteiger partial charge >= 0.3 is 0 Å². The summed E-state index contributed by atoms with van der Waals surface area (Å²) in [5.74, 6) is 0. The minimum absolute atomic E-state index is 0.506. The van der Waals surface area contributed by atoms with Crippen LogP contribution in [0.4, 0.5) is 17.1 Å². The average molecular weight is 430 g/mol. The Morgan fingerprint density at radius 1 is 1.10 bits per heavy atom. The Kier molecular flexibility index (Phi) is 4.40. The molecule has 0 bridgehead atoms. The summed E-state index contributed by atoms with van der Waals surface area (Å²) in [6, 6.07) is 3.65. The number of rotatable bonds is 3. The van der Waals surface area contributed by atoms with Crippen LogP contribution in [0.1, 0.15) is 4.88 Å². The van der Waals surface area contributed by atoms with E-state index in [1.165, 1.54) is 11.3 Å². The molecule has 1 aliphatic rings. The molecule has 20 heavy (non-hydrogen) atoms. The van der Waals surface area contributed by atoms with Crippen molar-refractivity contribution in [1.82, 2.24) is 0 Å². The summed E-state index contributed by atoms with van der Waals surface area (Å²) in [6.07, 6.45) is 0. The standard InChI is InChI=1S/C11H5BrCl3N3S2/c12-5-1-4(19-11(5)15)3-16-8-6(13)2-7(14)9-10(8)18-20-17-9/h1-2,16H,3H2. The summed E-state index contributed by atoms with van der Waals surface area (Å²) in [4.78, 5) is 1.09. The zero-order chi connectivity index (χ0) is 14.3. The van der Waals surface area contributed by atoms with Crippen LogP contribution < -0.4 is 5.32 Å². The zero-order valence-corrected chi connectivity index (χ0v) is 15.1. The number of anilines is 1. The molecule has 1 N–H and O–H groups in total. The predicted molar refractivity (Wildman–Crippen MR) is 92.4 cm³/mol. The fraction of sp³-hybridized carbons (Fsp3) is 0.0909. The Balaban J connectivity index is 1.89. The summed E-state index contributed by atoms with van der Waals surface area (Å²) in [5, 5.41) is 4.30. The van der Waals surface area contributed by atoms with Gasteiger partial charge in [0.1, 0.15) is 15.7 Å². The molecule has 1 aliphatic heterocycles. The van der Waals surface area contributed by atoms with E-state index in [9.17, 15) is 0 Å². The van der Waals surface area contributed by atoms with Crippen LogP contribution in [0.3, 0.4) is 0 Å². The van der Waals surface area contributed by atoms with Gasteiger partial charge < -0.3 is 5.32 Å². The predicted octanol–water partition coefficient (Wildman–Crippen LogP) is 6.81. The number of hydrogen-bond donors (Lipinski definition) is 1. The number of thiophene rings is 1. The van der Waals surface area contributed by atoms with Crippen molar-refractivity contribution in [2.75, 3.05) is 5.32 Å². The van der Waals surface area contributed by atoms with Gasteiger partial charge in [0.25, 0.3) is 0 Å². The van der Waals surface area contributed by atoms with Crippen molar-refractivity contribution < 1.29 is 0 Å². The number of hydrogen-bond acceptors (Lipinski definition) is 4. The molecule has 0 fully saturated rings. The van der Waals surface area contributed by atoms with Crippen LogP contribution in [0.15, 0.2) is 25.3 Å². The van der Waals surface area contributed by atoms with E-state index in [1.54, 1.807) is 6.07 Å². The number of halogens is 4. The molecular formula is C11H5BrCl3N3S2. The maximum absolute atomic E-state index is 6.23. The highest BCUT2D eigenvalue weighted by atomic mass is 79.9. The Hall–Kier alpha value is -0.110. The van der Waals surface area contributed by atoms with Crippen molar-refractivity contribution in [3.05, 3.63) is 35.9 Å². The number of fused-ring (bicyclic) bond motifs is 1. The van der Waals surface area contributed by atoms with Gasteiger partial charge in [0, 0.05) is 15.9 Å². The Morgan fingerprint density at radius 2 is 1.85 bits per heavy atom. The first-order valence-electron chi connectivity index (χ1n) is 5.34. The van der Waals surface area contributed by atoms with Crippen LogP contribution >= 0.6 is 62.1 Å². The van der Waals surface area contributed by atoms with Gasteiger partial charge in [-0.3, -0.25) is 0 Å². The quantitative estimate of drug-likeness (QED) is 0.488. The van der Waals surface area contributed by atoms with E-state index >= 15 is 0 Å². The highest BCUT2D eigenvalue weighted by Crippen LogP contribution is 2.47. The minimum atomic E-state index is 0.506. The van der Waals surface area contributed by atoms with Crippen LogP contribution in [0.25, 0.3) is 0 Å². The second kappa shape index (κ2) is 5.94. The first-order chi connectivity index (χ1) is 9.56. The molecule has 9 heteroatoms. The summed E-state index contributed by atoms with van der Waals surface area (Å²) in [5.41, 5.74) is 2.09. The number of benzene rings is 1. The molecular weight excluding hydrogens is 425 g/mol. The summed E-state index contributed by atoms with van der Waals surface area (Å²) >= 11 is 24.3. The molecule has 0 unspecified atom stereocenters. The molecule has 1 aromatic heterocycles. The van der Waals surface area contributed by atoms with E-state index in [-0.39, 0.29) is 0 Å². The molecule has 1 aromatic carbocycles. The monoisotopic (exact) mass is 427 g/mol. The Labute approximate surface area is 146 Å². The second-order valence-corrected chi connectivity index (χ2v) is 7.80. The first-order valence-corrected chi connectivity index (χ1v) is 8.81. The van der Waals surface area contributed by atoms with E-state index in [1.807, 2.05) is 6.07 Å². The molecule has 0 atom stereocenters. The third-order valence-corrected chi connectivity index (χ3v) is 6.17. The molecule has 3 rings (SSSR count). The van der Waals surface area contributed by atoms with E-state index in [0.717, 1.165) is 30.7 Å². The zero-order valence-electron chi connectivity index (χ0n) is 9.58. The average Bonchev–Trinajstić information content (AvgIpc) is 2.97. The van der Waals surface area contributed by atoms with Crippen molar-refractivity contribution in [2.24, 2.45) is 8.73 Å². The molecule has 0 saturated carbocycles. The Morgan fingerprint density at radius 3 is 2.55 bits per heavy atom. The smallest absolute Gasteiger partial charge is 0.130 e. The third kappa shape index (κ3) is 2.77. The molecule has 0 amide bonds. The van der Waals surface area contributed by atoms with Crippen molar-refractivity contribution in [3.63, 3.8) is 0 Å². The summed E-state index contributed by atoms with van der Waals surface area (Å²) in [6.45, 7) is 0.601. The molecule has 0 spiro atoms. The van der Waals surface area contributed by atoms with Gasteiger partial charge in [-0.05, 0) is 28.1 Å². The van der Waals surface area contributed by atoms with Gasteiger partial charge in [0.2, 0.25) is 0 Å². The lowest BCUT2D eigenvalue weighted by Gasteiger charge is -2.11. The van der Waals surface area contributed by atoms with Crippen LogP contribution in [0.2, 0.25) is 14.4 Å². The number of nitrogens with one attached hydrogen (secondary N) is 1. The van der Waals surface area contributed by atoms with Crippen molar-refractivity contribution in [3.8, 4) is 0 Å². The topological polar surface area (TPSA) is 36.8 Å². The molecule has 3 nitrogen and oxygen atoms in total. The van der Waals surface area contributed by atoms with Crippen LogP contribution in [-0.2, 0) is 17.9 Å². The van der Waals surface area contributed by atoms with Crippen molar-refractivity contribution >= 4 is 90.5 Å². The fourth-order valence-corrected chi connectivity index (χ4v) is 4.61. The molecule has 104 valence electrons. The molecule has 2 aromatic rings. The SMILES string of the molecule is Clc1cc(Cl)c(NCc2cc(Br)c(Cl)s2)c2c1N=S=N2. The van der Waals surface area contributed by atoms with Crippen LogP contribution in [-0.4, -0.2) is 0 Å². The molecule has 0 radical (unpaired) electrons. The lowest BCUT2D eigenvalue weighted by Crippen LogP contribution is -1.98. The second-order valence-electron chi connectivity index (χ2n) is 3.86. The highest BCUT2D eigenvalue weighted by Gasteiger charge is 2.18. The lowest BCUT2D eigenvalue weighted by molar-refractivity contribution is 1.19. The fourth-order valence-electron chi connectivity index (χ4n) is 1.70. The van der Waals surface area contributed by atoms with E-state index in [0.29, 0.717) is 28.0 Å². The highest BCUT2D eigenvalue weighted by molar-refractivity contribution is 9.10. The number of nitrogens with zero attached hydrogens (tertiary/aromatic N) is 2. The van der Waals surface area contributed by atoms with Gasteiger partial charge in [0.15, 0.2) is 0 Å².